The second-order valence-corrected chi connectivity index (χ2v) is 5.33. The zero-order valence-electron chi connectivity index (χ0n) is 12.9. The van der Waals surface area contributed by atoms with Gasteiger partial charge in [0.2, 0.25) is 5.91 Å². The number of nitrogens with zero attached hydrogens (tertiary/aromatic N) is 1. The van der Waals surface area contributed by atoms with Crippen LogP contribution in [0.5, 0.6) is 5.75 Å². The van der Waals surface area contributed by atoms with Gasteiger partial charge in [0.05, 0.1) is 19.8 Å². The van der Waals surface area contributed by atoms with Crippen molar-refractivity contribution in [2.75, 3.05) is 32.9 Å². The third-order valence-corrected chi connectivity index (χ3v) is 3.59. The lowest BCUT2D eigenvalue weighted by atomic mass is 10.1. The van der Waals surface area contributed by atoms with Crippen molar-refractivity contribution in [1.29, 1.82) is 0 Å². The monoisotopic (exact) mass is 292 g/mol. The Hall–Kier alpha value is -1.59. The number of aryl methyl sites for hydroxylation is 2. The van der Waals surface area contributed by atoms with E-state index in [4.69, 9.17) is 9.47 Å². The predicted octanol–water partition coefficient (Wildman–Crippen LogP) is 1.83. The van der Waals surface area contributed by atoms with Crippen LogP contribution in [0.4, 0.5) is 0 Å². The first-order chi connectivity index (χ1) is 10.1. The van der Waals surface area contributed by atoms with Crippen molar-refractivity contribution in [2.45, 2.75) is 26.7 Å². The Balaban J connectivity index is 1.62. The van der Waals surface area contributed by atoms with Gasteiger partial charge in [-0.2, -0.15) is 0 Å². The van der Waals surface area contributed by atoms with E-state index in [2.05, 4.69) is 25.3 Å². The number of morpholine rings is 1. The highest BCUT2D eigenvalue weighted by Gasteiger charge is 2.12. The summed E-state index contributed by atoms with van der Waals surface area (Å²) >= 11 is 0. The van der Waals surface area contributed by atoms with E-state index < -0.39 is 0 Å². The summed E-state index contributed by atoms with van der Waals surface area (Å²) in [6.07, 6.45) is 1.19. The SMILES string of the molecule is Cc1ccc(OCCCC(=O)NN2CCOCC2)cc1C. The van der Waals surface area contributed by atoms with Crippen LogP contribution < -0.4 is 10.2 Å². The lowest BCUT2D eigenvalue weighted by Crippen LogP contribution is -2.48. The summed E-state index contributed by atoms with van der Waals surface area (Å²) in [4.78, 5) is 11.8. The summed E-state index contributed by atoms with van der Waals surface area (Å²) in [5, 5.41) is 1.91. The molecule has 5 heteroatoms. The van der Waals surface area contributed by atoms with Gasteiger partial charge in [-0.25, -0.2) is 5.01 Å². The maximum Gasteiger partial charge on any atom is 0.234 e. The van der Waals surface area contributed by atoms with Crippen LogP contribution in [0.1, 0.15) is 24.0 Å². The maximum atomic E-state index is 11.8. The van der Waals surface area contributed by atoms with Crippen LogP contribution in [0, 0.1) is 13.8 Å². The van der Waals surface area contributed by atoms with Crippen LogP contribution in [0.15, 0.2) is 18.2 Å². The smallest absolute Gasteiger partial charge is 0.234 e. The molecule has 1 aromatic rings. The molecule has 0 saturated carbocycles. The second-order valence-electron chi connectivity index (χ2n) is 5.33. The second kappa shape index (κ2) is 8.00. The van der Waals surface area contributed by atoms with Crippen LogP contribution in [0.2, 0.25) is 0 Å². The molecule has 21 heavy (non-hydrogen) atoms. The summed E-state index contributed by atoms with van der Waals surface area (Å²) in [6, 6.07) is 6.05. The minimum atomic E-state index is 0.0422. The van der Waals surface area contributed by atoms with E-state index in [1.54, 1.807) is 0 Å². The highest BCUT2D eigenvalue weighted by molar-refractivity contribution is 5.75. The zero-order chi connectivity index (χ0) is 15.1. The molecule has 1 saturated heterocycles. The van der Waals surface area contributed by atoms with Gasteiger partial charge in [-0.3, -0.25) is 10.2 Å². The number of carbonyl (C=O) groups excluding carboxylic acids is 1. The van der Waals surface area contributed by atoms with Gasteiger partial charge in [-0.15, -0.1) is 0 Å². The molecule has 0 aliphatic carbocycles. The average molecular weight is 292 g/mol. The Bertz CT molecular complexity index is 471. The Morgan fingerprint density at radius 1 is 1.29 bits per heavy atom. The van der Waals surface area contributed by atoms with E-state index >= 15 is 0 Å². The molecule has 0 spiro atoms. The van der Waals surface area contributed by atoms with Crippen molar-refractivity contribution < 1.29 is 14.3 Å². The van der Waals surface area contributed by atoms with Crippen molar-refractivity contribution in [3.8, 4) is 5.75 Å². The highest BCUT2D eigenvalue weighted by atomic mass is 16.5. The maximum absolute atomic E-state index is 11.8. The quantitative estimate of drug-likeness (QED) is 0.813. The Labute approximate surface area is 126 Å². The molecule has 0 atom stereocenters. The van der Waals surface area contributed by atoms with Crippen LogP contribution >= 0.6 is 0 Å². The van der Waals surface area contributed by atoms with Crippen LogP contribution in [0.3, 0.4) is 0 Å². The van der Waals surface area contributed by atoms with Crippen LogP contribution in [-0.2, 0) is 9.53 Å². The Kier molecular flexibility index (Phi) is 6.02. The third kappa shape index (κ3) is 5.36. The van der Waals surface area contributed by atoms with E-state index in [9.17, 15) is 4.79 Å². The first-order valence-corrected chi connectivity index (χ1v) is 7.47. The van der Waals surface area contributed by atoms with Gasteiger partial charge in [0.15, 0.2) is 0 Å². The van der Waals surface area contributed by atoms with Gasteiger partial charge in [-0.1, -0.05) is 6.07 Å². The molecular formula is C16H24N2O3. The Morgan fingerprint density at radius 2 is 2.05 bits per heavy atom. The molecule has 1 aromatic carbocycles. The van der Waals surface area contributed by atoms with Crippen LogP contribution in [0.25, 0.3) is 0 Å². The van der Waals surface area contributed by atoms with Crippen molar-refractivity contribution in [2.24, 2.45) is 0 Å². The first kappa shape index (κ1) is 15.8. The van der Waals surface area contributed by atoms with Gasteiger partial charge in [0, 0.05) is 19.5 Å². The van der Waals surface area contributed by atoms with Gasteiger partial charge in [0.1, 0.15) is 5.75 Å². The molecule has 5 nitrogen and oxygen atoms in total. The number of rotatable bonds is 6. The van der Waals surface area contributed by atoms with Gasteiger partial charge in [0.25, 0.3) is 0 Å². The van der Waals surface area contributed by atoms with Gasteiger partial charge < -0.3 is 9.47 Å². The average Bonchev–Trinajstić information content (AvgIpc) is 2.48. The fourth-order valence-corrected chi connectivity index (χ4v) is 2.13. The summed E-state index contributed by atoms with van der Waals surface area (Å²) in [7, 11) is 0. The lowest BCUT2D eigenvalue weighted by molar-refractivity contribution is -0.128. The van der Waals surface area contributed by atoms with Gasteiger partial charge in [-0.05, 0) is 43.5 Å². The normalized spacial score (nSPS) is 15.7. The molecule has 1 N–H and O–H groups in total. The number of hydrazine groups is 1. The molecular weight excluding hydrogens is 268 g/mol. The standard InChI is InChI=1S/C16H24N2O3/c1-13-5-6-15(12-14(13)2)21-9-3-4-16(19)17-18-7-10-20-11-8-18/h5-6,12H,3-4,7-11H2,1-2H3,(H,17,19). The molecule has 1 heterocycles. The summed E-state index contributed by atoms with van der Waals surface area (Å²) in [6.45, 7) is 7.56. The molecule has 1 aliphatic heterocycles. The first-order valence-electron chi connectivity index (χ1n) is 7.47. The fourth-order valence-electron chi connectivity index (χ4n) is 2.13. The van der Waals surface area contributed by atoms with Crippen molar-refractivity contribution in [3.05, 3.63) is 29.3 Å². The number of nitrogens with one attached hydrogen (secondary N) is 1. The van der Waals surface area contributed by atoms with E-state index in [-0.39, 0.29) is 5.91 Å². The van der Waals surface area contributed by atoms with Crippen molar-refractivity contribution in [3.63, 3.8) is 0 Å². The number of carbonyl (C=O) groups is 1. The number of ether oxygens (including phenoxy) is 2. The van der Waals surface area contributed by atoms with Crippen molar-refractivity contribution >= 4 is 5.91 Å². The predicted molar refractivity (Wildman–Crippen MR) is 81.2 cm³/mol. The number of benzene rings is 1. The number of hydrogen-bond acceptors (Lipinski definition) is 4. The van der Waals surface area contributed by atoms with E-state index in [1.807, 2.05) is 17.1 Å². The molecule has 0 radical (unpaired) electrons. The van der Waals surface area contributed by atoms with Crippen LogP contribution in [-0.4, -0.2) is 43.8 Å². The molecule has 2 rings (SSSR count). The zero-order valence-corrected chi connectivity index (χ0v) is 12.9. The van der Waals surface area contributed by atoms with E-state index in [0.29, 0.717) is 32.7 Å². The molecule has 1 fully saturated rings. The minimum Gasteiger partial charge on any atom is -0.494 e. The minimum absolute atomic E-state index is 0.0422. The fraction of sp³-hybridized carbons (Fsp3) is 0.562. The van der Waals surface area contributed by atoms with Crippen molar-refractivity contribution in [1.82, 2.24) is 10.4 Å². The largest absolute Gasteiger partial charge is 0.494 e. The number of amides is 1. The molecule has 1 amide bonds. The summed E-state index contributed by atoms with van der Waals surface area (Å²) < 4.78 is 10.9. The molecule has 0 unspecified atom stereocenters. The van der Waals surface area contributed by atoms with Gasteiger partial charge >= 0.3 is 0 Å². The lowest BCUT2D eigenvalue weighted by Gasteiger charge is -2.26. The van der Waals surface area contributed by atoms with E-state index in [1.165, 1.54) is 11.1 Å². The topological polar surface area (TPSA) is 50.8 Å². The number of hydrogen-bond donors (Lipinski definition) is 1. The molecule has 1 aliphatic rings. The summed E-state index contributed by atoms with van der Waals surface area (Å²) in [5.74, 6) is 0.910. The third-order valence-electron chi connectivity index (χ3n) is 3.59. The Morgan fingerprint density at radius 3 is 2.76 bits per heavy atom. The molecule has 116 valence electrons. The molecule has 0 bridgehead atoms. The summed E-state index contributed by atoms with van der Waals surface area (Å²) in [5.41, 5.74) is 5.37. The highest BCUT2D eigenvalue weighted by Crippen LogP contribution is 2.16. The van der Waals surface area contributed by atoms with E-state index in [0.717, 1.165) is 18.8 Å². The molecule has 0 aromatic heterocycles.